The summed E-state index contributed by atoms with van der Waals surface area (Å²) in [5.41, 5.74) is -1.21. The minimum atomic E-state index is -0.684. The zero-order valence-corrected chi connectivity index (χ0v) is 13.2. The van der Waals surface area contributed by atoms with Crippen molar-refractivity contribution in [1.82, 2.24) is 4.90 Å². The van der Waals surface area contributed by atoms with Gasteiger partial charge in [0, 0.05) is 0 Å². The second kappa shape index (κ2) is 5.04. The average molecular weight is 283 g/mol. The minimum absolute atomic E-state index is 0.0733. The molecule has 0 aromatic heterocycles. The van der Waals surface area contributed by atoms with Crippen molar-refractivity contribution in [2.24, 2.45) is 0 Å². The summed E-state index contributed by atoms with van der Waals surface area (Å²) >= 11 is 0. The Hall–Kier alpha value is -1.07. The molecule has 114 valence electrons. The van der Waals surface area contributed by atoms with Gasteiger partial charge in [0.25, 0.3) is 0 Å². The van der Waals surface area contributed by atoms with E-state index < -0.39 is 11.3 Å². The summed E-state index contributed by atoms with van der Waals surface area (Å²) in [7, 11) is 0. The van der Waals surface area contributed by atoms with E-state index in [1.54, 1.807) is 4.90 Å². The van der Waals surface area contributed by atoms with Crippen LogP contribution in [0.25, 0.3) is 0 Å². The molecule has 2 aliphatic heterocycles. The molecule has 2 heterocycles. The summed E-state index contributed by atoms with van der Waals surface area (Å²) in [6.07, 6.45) is 3.57. The first kappa shape index (κ1) is 15.3. The molecule has 20 heavy (non-hydrogen) atoms. The first-order valence-electron chi connectivity index (χ1n) is 7.10. The Morgan fingerprint density at radius 1 is 1.35 bits per heavy atom. The van der Waals surface area contributed by atoms with E-state index in [-0.39, 0.29) is 24.3 Å². The molecule has 2 aliphatic rings. The molecular formula is C15H25NO4. The van der Waals surface area contributed by atoms with Gasteiger partial charge in [-0.1, -0.05) is 12.2 Å². The van der Waals surface area contributed by atoms with Gasteiger partial charge >= 0.3 is 6.09 Å². The standard InChI is InChI=1S/C15H25NO4/c1-10-7-8-12(19-10)11-9-18-15(5,6)16(11)13(17)20-14(2,3)4/h7-8,10-12H,9H2,1-6H3/t10-,11+,12+/m0/s1. The van der Waals surface area contributed by atoms with Crippen molar-refractivity contribution >= 4 is 6.09 Å². The molecule has 5 heteroatoms. The van der Waals surface area contributed by atoms with Crippen LogP contribution in [0.3, 0.4) is 0 Å². The van der Waals surface area contributed by atoms with Crippen LogP contribution in [0.15, 0.2) is 12.2 Å². The molecule has 2 rings (SSSR count). The Balaban J connectivity index is 2.16. The van der Waals surface area contributed by atoms with Gasteiger partial charge in [-0.2, -0.15) is 0 Å². The van der Waals surface area contributed by atoms with Crippen molar-refractivity contribution in [2.75, 3.05) is 6.61 Å². The van der Waals surface area contributed by atoms with E-state index in [2.05, 4.69) is 0 Å². The van der Waals surface area contributed by atoms with Gasteiger partial charge in [0.15, 0.2) is 0 Å². The zero-order chi connectivity index (χ0) is 15.1. The Bertz CT molecular complexity index is 411. The smallest absolute Gasteiger partial charge is 0.413 e. The third kappa shape index (κ3) is 3.15. The van der Waals surface area contributed by atoms with Gasteiger partial charge in [-0.25, -0.2) is 4.79 Å². The van der Waals surface area contributed by atoms with E-state index in [1.165, 1.54) is 0 Å². The van der Waals surface area contributed by atoms with E-state index in [4.69, 9.17) is 14.2 Å². The van der Waals surface area contributed by atoms with Gasteiger partial charge in [-0.3, -0.25) is 4.90 Å². The summed E-state index contributed by atoms with van der Waals surface area (Å²) in [5.74, 6) is 0. The highest BCUT2D eigenvalue weighted by Gasteiger charge is 2.49. The molecule has 1 saturated heterocycles. The predicted molar refractivity (Wildman–Crippen MR) is 75.4 cm³/mol. The van der Waals surface area contributed by atoms with Gasteiger partial charge in [0.1, 0.15) is 11.3 Å². The van der Waals surface area contributed by atoms with Gasteiger partial charge in [0.2, 0.25) is 0 Å². The second-order valence-electron chi connectivity index (χ2n) is 6.87. The number of carbonyl (C=O) groups excluding carboxylic acids is 1. The highest BCUT2D eigenvalue weighted by atomic mass is 16.6. The third-order valence-corrected chi connectivity index (χ3v) is 3.43. The summed E-state index contributed by atoms with van der Waals surface area (Å²) in [4.78, 5) is 14.1. The van der Waals surface area contributed by atoms with Crippen LogP contribution in [-0.4, -0.2) is 47.2 Å². The number of amides is 1. The number of nitrogens with zero attached hydrogens (tertiary/aromatic N) is 1. The highest BCUT2D eigenvalue weighted by molar-refractivity contribution is 5.70. The Labute approximate surface area is 120 Å². The van der Waals surface area contributed by atoms with Crippen molar-refractivity contribution in [3.05, 3.63) is 12.2 Å². The maximum absolute atomic E-state index is 12.5. The number of hydrogen-bond donors (Lipinski definition) is 0. The molecule has 0 aliphatic carbocycles. The zero-order valence-electron chi connectivity index (χ0n) is 13.2. The molecule has 5 nitrogen and oxygen atoms in total. The van der Waals surface area contributed by atoms with E-state index in [9.17, 15) is 4.79 Å². The molecule has 0 unspecified atom stereocenters. The molecule has 0 saturated carbocycles. The molecule has 0 aromatic rings. The summed E-state index contributed by atoms with van der Waals surface area (Å²) in [6.45, 7) is 11.8. The lowest BCUT2D eigenvalue weighted by Crippen LogP contribution is -2.53. The fourth-order valence-electron chi connectivity index (χ4n) is 2.56. The van der Waals surface area contributed by atoms with Crippen LogP contribution < -0.4 is 0 Å². The topological polar surface area (TPSA) is 48.0 Å². The monoisotopic (exact) mass is 283 g/mol. The van der Waals surface area contributed by atoms with Crippen LogP contribution in [-0.2, 0) is 14.2 Å². The number of rotatable bonds is 1. The largest absolute Gasteiger partial charge is 0.444 e. The van der Waals surface area contributed by atoms with Crippen molar-refractivity contribution in [3.8, 4) is 0 Å². The van der Waals surface area contributed by atoms with E-state index in [0.29, 0.717) is 6.61 Å². The van der Waals surface area contributed by atoms with Gasteiger partial charge in [-0.05, 0) is 41.5 Å². The van der Waals surface area contributed by atoms with Crippen molar-refractivity contribution in [1.29, 1.82) is 0 Å². The normalized spacial score (nSPS) is 32.7. The van der Waals surface area contributed by atoms with Crippen molar-refractivity contribution in [3.63, 3.8) is 0 Å². The second-order valence-corrected chi connectivity index (χ2v) is 6.87. The fourth-order valence-corrected chi connectivity index (χ4v) is 2.56. The number of carbonyl (C=O) groups is 1. The molecule has 1 amide bonds. The quantitative estimate of drug-likeness (QED) is 0.694. The molecule has 0 bridgehead atoms. The molecule has 0 N–H and O–H groups in total. The summed E-state index contributed by atoms with van der Waals surface area (Å²) in [6, 6.07) is -0.152. The molecule has 1 fully saturated rings. The maximum atomic E-state index is 12.5. The number of ether oxygens (including phenoxy) is 3. The minimum Gasteiger partial charge on any atom is -0.444 e. The Kier molecular flexibility index (Phi) is 3.86. The fraction of sp³-hybridized carbons (Fsp3) is 0.800. The molecular weight excluding hydrogens is 258 g/mol. The van der Waals surface area contributed by atoms with E-state index in [1.807, 2.05) is 53.7 Å². The highest BCUT2D eigenvalue weighted by Crippen LogP contribution is 2.33. The van der Waals surface area contributed by atoms with Crippen LogP contribution in [0.4, 0.5) is 4.79 Å². The first-order valence-corrected chi connectivity index (χ1v) is 7.10. The molecule has 0 radical (unpaired) electrons. The van der Waals surface area contributed by atoms with E-state index >= 15 is 0 Å². The maximum Gasteiger partial charge on any atom is 0.413 e. The first-order chi connectivity index (χ1) is 9.10. The third-order valence-electron chi connectivity index (χ3n) is 3.43. The van der Waals surface area contributed by atoms with Crippen molar-refractivity contribution in [2.45, 2.75) is 71.1 Å². The molecule has 0 aromatic carbocycles. The lowest BCUT2D eigenvalue weighted by atomic mass is 10.1. The SMILES string of the molecule is C[C@H]1C=C[C@H]([C@H]2COC(C)(C)N2C(=O)OC(C)(C)C)O1. The van der Waals surface area contributed by atoms with Crippen LogP contribution in [0, 0.1) is 0 Å². The van der Waals surface area contributed by atoms with Crippen LogP contribution in [0.5, 0.6) is 0 Å². The van der Waals surface area contributed by atoms with E-state index in [0.717, 1.165) is 0 Å². The summed E-state index contributed by atoms with van der Waals surface area (Å²) in [5, 5.41) is 0. The average Bonchev–Trinajstić information content (AvgIpc) is 2.79. The molecule has 3 atom stereocenters. The van der Waals surface area contributed by atoms with Crippen LogP contribution in [0.1, 0.15) is 41.5 Å². The lowest BCUT2D eigenvalue weighted by molar-refractivity contribution is -0.0694. The van der Waals surface area contributed by atoms with Gasteiger partial charge in [-0.15, -0.1) is 0 Å². The predicted octanol–water partition coefficient (Wildman–Crippen LogP) is 2.70. The number of hydrogen-bond acceptors (Lipinski definition) is 4. The summed E-state index contributed by atoms with van der Waals surface area (Å²) < 4.78 is 17.1. The Morgan fingerprint density at radius 2 is 2.00 bits per heavy atom. The lowest BCUT2D eigenvalue weighted by Gasteiger charge is -2.36. The molecule has 0 spiro atoms. The van der Waals surface area contributed by atoms with Gasteiger partial charge in [0.05, 0.1) is 24.9 Å². The van der Waals surface area contributed by atoms with Crippen LogP contribution in [0.2, 0.25) is 0 Å². The van der Waals surface area contributed by atoms with Crippen molar-refractivity contribution < 1.29 is 19.0 Å². The van der Waals surface area contributed by atoms with Gasteiger partial charge < -0.3 is 14.2 Å². The Morgan fingerprint density at radius 3 is 2.50 bits per heavy atom. The van der Waals surface area contributed by atoms with Crippen LogP contribution >= 0.6 is 0 Å².